The fourth-order valence-electron chi connectivity index (χ4n) is 2.12. The van der Waals surface area contributed by atoms with Crippen LogP contribution in [0.1, 0.15) is 6.42 Å². The maximum atomic E-state index is 11.3. The average Bonchev–Trinajstić information content (AvgIpc) is 3.05. The summed E-state index contributed by atoms with van der Waals surface area (Å²) in [5, 5.41) is 9.44. The highest BCUT2D eigenvalue weighted by atomic mass is 16.5. The topological polar surface area (TPSA) is 93.5 Å². The third-order valence-corrected chi connectivity index (χ3v) is 3.40. The van der Waals surface area contributed by atoms with Crippen LogP contribution in [-0.2, 0) is 9.47 Å². The number of aromatic amines is 1. The number of rotatable bonds is 4. The van der Waals surface area contributed by atoms with E-state index in [2.05, 4.69) is 20.5 Å². The van der Waals surface area contributed by atoms with Crippen LogP contribution in [0.5, 0.6) is 0 Å². The molecule has 2 aromatic rings. The molecule has 102 valence electrons. The van der Waals surface area contributed by atoms with Gasteiger partial charge >= 0.3 is 5.69 Å². The van der Waals surface area contributed by atoms with Gasteiger partial charge in [-0.3, -0.25) is 0 Å². The first kappa shape index (κ1) is 12.1. The summed E-state index contributed by atoms with van der Waals surface area (Å²) in [7, 11) is 1.68. The summed E-state index contributed by atoms with van der Waals surface area (Å²) in [5.41, 5.74) is -0.0813. The van der Waals surface area contributed by atoms with Gasteiger partial charge in [-0.1, -0.05) is 0 Å². The van der Waals surface area contributed by atoms with Crippen molar-refractivity contribution in [2.45, 2.75) is 12.0 Å². The fourth-order valence-corrected chi connectivity index (χ4v) is 2.12. The van der Waals surface area contributed by atoms with E-state index in [0.717, 1.165) is 6.42 Å². The Morgan fingerprint density at radius 3 is 3.32 bits per heavy atom. The van der Waals surface area contributed by atoms with Crippen molar-refractivity contribution in [1.82, 2.24) is 19.6 Å². The monoisotopic (exact) mass is 265 g/mol. The van der Waals surface area contributed by atoms with Crippen molar-refractivity contribution in [3.05, 3.63) is 22.9 Å². The van der Waals surface area contributed by atoms with Crippen LogP contribution < -0.4 is 11.0 Å². The second-order valence-corrected chi connectivity index (χ2v) is 4.57. The Morgan fingerprint density at radius 1 is 1.68 bits per heavy atom. The van der Waals surface area contributed by atoms with E-state index in [0.29, 0.717) is 31.2 Å². The third kappa shape index (κ3) is 2.20. The average molecular weight is 265 g/mol. The van der Waals surface area contributed by atoms with Crippen LogP contribution in [0.15, 0.2) is 17.2 Å². The van der Waals surface area contributed by atoms with E-state index in [-0.39, 0.29) is 11.3 Å². The standard InChI is InChI=1S/C11H15N5O3/c1-18-11(2-3-19-6-11)5-12-8-4-9-14-15-10(17)16(9)7-13-8/h4,7,12H,2-3,5-6H2,1H3,(H,15,17). The normalized spacial score (nSPS) is 23.0. The molecule has 1 aliphatic rings. The van der Waals surface area contributed by atoms with Crippen molar-refractivity contribution in [1.29, 1.82) is 0 Å². The van der Waals surface area contributed by atoms with Gasteiger partial charge in [0.1, 0.15) is 17.7 Å². The fraction of sp³-hybridized carbons (Fsp3) is 0.545. The lowest BCUT2D eigenvalue weighted by Gasteiger charge is -2.26. The van der Waals surface area contributed by atoms with E-state index in [9.17, 15) is 4.79 Å². The number of aromatic nitrogens is 4. The summed E-state index contributed by atoms with van der Waals surface area (Å²) in [4.78, 5) is 15.5. The SMILES string of the molecule is COC1(CNc2cc3n[nH]c(=O)n3cn2)CCOC1. The summed E-state index contributed by atoms with van der Waals surface area (Å²) in [6.45, 7) is 1.87. The number of hydrogen-bond acceptors (Lipinski definition) is 6. The highest BCUT2D eigenvalue weighted by Crippen LogP contribution is 2.22. The molecule has 0 spiro atoms. The molecule has 1 atom stereocenters. The van der Waals surface area contributed by atoms with Crippen molar-refractivity contribution in [2.24, 2.45) is 0 Å². The van der Waals surface area contributed by atoms with Crippen LogP contribution in [0.2, 0.25) is 0 Å². The minimum Gasteiger partial charge on any atom is -0.378 e. The molecule has 0 amide bonds. The van der Waals surface area contributed by atoms with Crippen LogP contribution in [0.25, 0.3) is 5.65 Å². The summed E-state index contributed by atoms with van der Waals surface area (Å²) < 4.78 is 12.2. The molecule has 3 heterocycles. The zero-order valence-corrected chi connectivity index (χ0v) is 10.5. The smallest absolute Gasteiger partial charge is 0.348 e. The van der Waals surface area contributed by atoms with Crippen LogP contribution in [0, 0.1) is 0 Å². The minimum absolute atomic E-state index is 0.299. The Balaban J connectivity index is 1.76. The number of nitrogens with one attached hydrogen (secondary N) is 2. The molecule has 0 radical (unpaired) electrons. The Morgan fingerprint density at radius 2 is 2.58 bits per heavy atom. The van der Waals surface area contributed by atoms with Gasteiger partial charge in [0.15, 0.2) is 5.65 Å². The quantitative estimate of drug-likeness (QED) is 0.783. The highest BCUT2D eigenvalue weighted by Gasteiger charge is 2.34. The van der Waals surface area contributed by atoms with Gasteiger partial charge in [-0.25, -0.2) is 19.3 Å². The first-order chi connectivity index (χ1) is 9.22. The molecule has 1 aliphatic heterocycles. The molecule has 0 saturated carbocycles. The molecule has 2 aromatic heterocycles. The Kier molecular flexibility index (Phi) is 2.96. The van der Waals surface area contributed by atoms with Crippen molar-refractivity contribution < 1.29 is 9.47 Å². The van der Waals surface area contributed by atoms with Crippen molar-refractivity contribution >= 4 is 11.5 Å². The zero-order chi connectivity index (χ0) is 13.3. The maximum Gasteiger partial charge on any atom is 0.348 e. The van der Waals surface area contributed by atoms with Gasteiger partial charge in [-0.2, -0.15) is 5.10 Å². The molecular weight excluding hydrogens is 250 g/mol. The lowest BCUT2D eigenvalue weighted by atomic mass is 10.0. The van der Waals surface area contributed by atoms with Gasteiger partial charge in [-0.05, 0) is 0 Å². The van der Waals surface area contributed by atoms with E-state index in [4.69, 9.17) is 9.47 Å². The van der Waals surface area contributed by atoms with Gasteiger partial charge in [0.25, 0.3) is 0 Å². The predicted octanol–water partition coefficient (Wildman–Crippen LogP) is -0.365. The maximum absolute atomic E-state index is 11.3. The Labute approximate surface area is 108 Å². The molecule has 8 heteroatoms. The lowest BCUT2D eigenvalue weighted by Crippen LogP contribution is -2.39. The summed E-state index contributed by atoms with van der Waals surface area (Å²) >= 11 is 0. The van der Waals surface area contributed by atoms with E-state index in [1.807, 2.05) is 0 Å². The Hall–Kier alpha value is -1.93. The lowest BCUT2D eigenvalue weighted by molar-refractivity contribution is -0.00625. The molecule has 8 nitrogen and oxygen atoms in total. The van der Waals surface area contributed by atoms with Crippen molar-refractivity contribution in [2.75, 3.05) is 32.2 Å². The summed E-state index contributed by atoms with van der Waals surface area (Å²) in [6, 6.07) is 1.71. The first-order valence-electron chi connectivity index (χ1n) is 6.02. The van der Waals surface area contributed by atoms with Gasteiger partial charge in [0, 0.05) is 32.7 Å². The van der Waals surface area contributed by atoms with E-state index in [1.165, 1.54) is 10.7 Å². The van der Waals surface area contributed by atoms with E-state index in [1.54, 1.807) is 13.2 Å². The number of fused-ring (bicyclic) bond motifs is 1. The number of anilines is 1. The zero-order valence-electron chi connectivity index (χ0n) is 10.5. The first-order valence-corrected chi connectivity index (χ1v) is 6.02. The second-order valence-electron chi connectivity index (χ2n) is 4.57. The molecule has 2 N–H and O–H groups in total. The Bertz CT molecular complexity index is 629. The molecule has 0 aromatic carbocycles. The molecule has 1 saturated heterocycles. The number of hydrogen-bond donors (Lipinski definition) is 2. The molecule has 1 unspecified atom stereocenters. The summed E-state index contributed by atoms with van der Waals surface area (Å²) in [5.74, 6) is 0.648. The molecule has 3 rings (SSSR count). The second kappa shape index (κ2) is 4.63. The number of H-pyrrole nitrogens is 1. The number of ether oxygens (including phenoxy) is 2. The number of nitrogens with zero attached hydrogens (tertiary/aromatic N) is 3. The van der Waals surface area contributed by atoms with E-state index >= 15 is 0 Å². The van der Waals surface area contributed by atoms with Crippen LogP contribution in [0.4, 0.5) is 5.82 Å². The largest absolute Gasteiger partial charge is 0.378 e. The molecular formula is C11H15N5O3. The highest BCUT2D eigenvalue weighted by molar-refractivity contribution is 5.48. The van der Waals surface area contributed by atoms with E-state index < -0.39 is 0 Å². The third-order valence-electron chi connectivity index (χ3n) is 3.40. The van der Waals surface area contributed by atoms with Crippen molar-refractivity contribution in [3.63, 3.8) is 0 Å². The molecule has 0 aliphatic carbocycles. The minimum atomic E-state index is -0.306. The van der Waals surface area contributed by atoms with Crippen LogP contribution in [-0.4, -0.2) is 52.1 Å². The van der Waals surface area contributed by atoms with Crippen LogP contribution >= 0.6 is 0 Å². The van der Waals surface area contributed by atoms with Gasteiger partial charge < -0.3 is 14.8 Å². The van der Waals surface area contributed by atoms with Gasteiger partial charge in [-0.15, -0.1) is 0 Å². The van der Waals surface area contributed by atoms with Gasteiger partial charge in [0.2, 0.25) is 0 Å². The summed E-state index contributed by atoms with van der Waals surface area (Å²) in [6.07, 6.45) is 2.29. The van der Waals surface area contributed by atoms with Crippen LogP contribution in [0.3, 0.4) is 0 Å². The molecule has 1 fully saturated rings. The molecule has 19 heavy (non-hydrogen) atoms. The van der Waals surface area contributed by atoms with Crippen molar-refractivity contribution in [3.8, 4) is 0 Å². The van der Waals surface area contributed by atoms with Gasteiger partial charge in [0.05, 0.1) is 6.61 Å². The predicted molar refractivity (Wildman–Crippen MR) is 67.3 cm³/mol. The number of methoxy groups -OCH3 is 1. The molecule has 0 bridgehead atoms.